The Balaban J connectivity index is 1.45. The van der Waals surface area contributed by atoms with E-state index < -0.39 is 0 Å². The average Bonchev–Trinajstić information content (AvgIpc) is 3.19. The Labute approximate surface area is 125 Å². The van der Waals surface area contributed by atoms with Crippen LogP contribution >= 0.6 is 15.9 Å². The highest BCUT2D eigenvalue weighted by molar-refractivity contribution is 9.09. The lowest BCUT2D eigenvalue weighted by atomic mass is 9.80. The van der Waals surface area contributed by atoms with E-state index in [0.717, 1.165) is 29.6 Å². The molecule has 3 fully saturated rings. The van der Waals surface area contributed by atoms with Gasteiger partial charge in [-0.2, -0.15) is 0 Å². The lowest BCUT2D eigenvalue weighted by Gasteiger charge is -2.30. The van der Waals surface area contributed by atoms with E-state index in [4.69, 9.17) is 0 Å². The Kier molecular flexibility index (Phi) is 4.51. The number of amides is 1. The molecule has 0 aromatic rings. The topological polar surface area (TPSA) is 29.1 Å². The fourth-order valence-electron chi connectivity index (χ4n) is 4.49. The Morgan fingerprint density at radius 2 is 1.53 bits per heavy atom. The van der Waals surface area contributed by atoms with E-state index in [2.05, 4.69) is 21.2 Å². The second kappa shape index (κ2) is 6.15. The van der Waals surface area contributed by atoms with Gasteiger partial charge in [0, 0.05) is 17.8 Å². The van der Waals surface area contributed by atoms with Crippen LogP contribution < -0.4 is 5.32 Å². The van der Waals surface area contributed by atoms with Gasteiger partial charge in [-0.3, -0.25) is 4.79 Å². The first kappa shape index (κ1) is 13.9. The highest BCUT2D eigenvalue weighted by Gasteiger charge is 2.54. The first-order chi connectivity index (χ1) is 9.31. The van der Waals surface area contributed by atoms with Crippen LogP contribution in [0, 0.1) is 29.6 Å². The number of nitrogens with one attached hydrogen (secondary N) is 1. The number of carbonyl (C=O) groups is 1. The summed E-state index contributed by atoms with van der Waals surface area (Å²) in [4.78, 5) is 12.3. The monoisotopic (exact) mass is 327 g/mol. The largest absolute Gasteiger partial charge is 0.356 e. The third-order valence-electron chi connectivity index (χ3n) is 5.76. The van der Waals surface area contributed by atoms with Gasteiger partial charge >= 0.3 is 0 Å². The van der Waals surface area contributed by atoms with Crippen molar-refractivity contribution >= 4 is 21.8 Å². The number of alkyl halides is 1. The van der Waals surface area contributed by atoms with Gasteiger partial charge in [-0.25, -0.2) is 0 Å². The van der Waals surface area contributed by atoms with Crippen LogP contribution in [0.2, 0.25) is 0 Å². The zero-order valence-electron chi connectivity index (χ0n) is 11.7. The standard InChI is InChI=1S/C16H26BrNO/c17-9-11-5-1-2-6-12(11)10-18-16(19)15-13-7-3-4-8-14(13)15/h11-15H,1-10H2,(H,18,19). The molecule has 19 heavy (non-hydrogen) atoms. The van der Waals surface area contributed by atoms with Crippen LogP contribution in [0.1, 0.15) is 51.4 Å². The predicted molar refractivity (Wildman–Crippen MR) is 81.2 cm³/mol. The van der Waals surface area contributed by atoms with Gasteiger partial charge in [0.25, 0.3) is 0 Å². The SMILES string of the molecule is O=C(NCC1CCCCC1CBr)C1C2CCCCC21. The van der Waals surface area contributed by atoms with Gasteiger partial charge in [-0.05, 0) is 49.4 Å². The Morgan fingerprint density at radius 3 is 2.16 bits per heavy atom. The zero-order valence-corrected chi connectivity index (χ0v) is 13.3. The Hall–Kier alpha value is -0.0500. The number of fused-ring (bicyclic) bond motifs is 1. The molecule has 0 bridgehead atoms. The van der Waals surface area contributed by atoms with Crippen LogP contribution in [-0.2, 0) is 4.79 Å². The van der Waals surface area contributed by atoms with Gasteiger partial charge in [0.05, 0.1) is 0 Å². The van der Waals surface area contributed by atoms with Gasteiger partial charge in [-0.15, -0.1) is 0 Å². The molecule has 0 radical (unpaired) electrons. The van der Waals surface area contributed by atoms with Crippen LogP contribution in [0.25, 0.3) is 0 Å². The summed E-state index contributed by atoms with van der Waals surface area (Å²) in [5.74, 6) is 3.72. The fourth-order valence-corrected chi connectivity index (χ4v) is 5.34. The van der Waals surface area contributed by atoms with Crippen molar-refractivity contribution in [2.45, 2.75) is 51.4 Å². The molecule has 4 atom stereocenters. The minimum atomic E-state index is 0.371. The number of hydrogen-bond acceptors (Lipinski definition) is 1. The molecule has 3 rings (SSSR count). The quantitative estimate of drug-likeness (QED) is 0.783. The molecule has 2 nitrogen and oxygen atoms in total. The van der Waals surface area contributed by atoms with Crippen molar-refractivity contribution < 1.29 is 4.79 Å². The lowest BCUT2D eigenvalue weighted by molar-refractivity contribution is -0.123. The maximum Gasteiger partial charge on any atom is 0.223 e. The Morgan fingerprint density at radius 1 is 0.947 bits per heavy atom. The minimum Gasteiger partial charge on any atom is -0.356 e. The fraction of sp³-hybridized carbons (Fsp3) is 0.938. The summed E-state index contributed by atoms with van der Waals surface area (Å²) in [6.45, 7) is 0.922. The summed E-state index contributed by atoms with van der Waals surface area (Å²) < 4.78 is 0. The molecular formula is C16H26BrNO. The van der Waals surface area contributed by atoms with Crippen LogP contribution in [0.4, 0.5) is 0 Å². The summed E-state index contributed by atoms with van der Waals surface area (Å²) in [6, 6.07) is 0. The second-order valence-electron chi connectivity index (χ2n) is 6.84. The first-order valence-corrected chi connectivity index (χ1v) is 9.27. The van der Waals surface area contributed by atoms with Crippen LogP contribution in [0.3, 0.4) is 0 Å². The molecule has 0 aromatic carbocycles. The van der Waals surface area contributed by atoms with Crippen molar-refractivity contribution in [3.05, 3.63) is 0 Å². The smallest absolute Gasteiger partial charge is 0.223 e. The van der Waals surface area contributed by atoms with E-state index in [1.165, 1.54) is 51.4 Å². The molecule has 0 aromatic heterocycles. The summed E-state index contributed by atoms with van der Waals surface area (Å²) in [6.07, 6.45) is 10.6. The van der Waals surface area contributed by atoms with Crippen LogP contribution in [0.5, 0.6) is 0 Å². The summed E-state index contributed by atoms with van der Waals surface area (Å²) in [5.41, 5.74) is 0. The molecule has 3 heteroatoms. The third-order valence-corrected chi connectivity index (χ3v) is 6.59. The molecule has 4 unspecified atom stereocenters. The van der Waals surface area contributed by atoms with Crippen LogP contribution in [-0.4, -0.2) is 17.8 Å². The van der Waals surface area contributed by atoms with Gasteiger partial charge < -0.3 is 5.32 Å². The van der Waals surface area contributed by atoms with E-state index in [0.29, 0.717) is 17.7 Å². The van der Waals surface area contributed by atoms with Crippen molar-refractivity contribution in [3.63, 3.8) is 0 Å². The first-order valence-electron chi connectivity index (χ1n) is 8.15. The molecule has 3 saturated carbocycles. The number of carbonyl (C=O) groups excluding carboxylic acids is 1. The molecule has 0 saturated heterocycles. The summed E-state index contributed by atoms with van der Waals surface area (Å²) in [7, 11) is 0. The van der Waals surface area contributed by atoms with E-state index in [1.807, 2.05) is 0 Å². The third kappa shape index (κ3) is 3.01. The highest BCUT2D eigenvalue weighted by Crippen LogP contribution is 2.55. The summed E-state index contributed by atoms with van der Waals surface area (Å²) >= 11 is 3.64. The maximum absolute atomic E-state index is 12.3. The predicted octanol–water partition coefficient (Wildman–Crippen LogP) is 3.74. The molecular weight excluding hydrogens is 302 g/mol. The van der Waals surface area contributed by atoms with Gasteiger partial charge in [-0.1, -0.05) is 41.6 Å². The van der Waals surface area contributed by atoms with Crippen molar-refractivity contribution in [1.82, 2.24) is 5.32 Å². The maximum atomic E-state index is 12.3. The van der Waals surface area contributed by atoms with Crippen molar-refractivity contribution in [1.29, 1.82) is 0 Å². The molecule has 1 N–H and O–H groups in total. The number of rotatable bonds is 4. The minimum absolute atomic E-state index is 0.371. The van der Waals surface area contributed by atoms with Crippen molar-refractivity contribution in [2.24, 2.45) is 29.6 Å². The number of halogens is 1. The molecule has 0 spiro atoms. The van der Waals surface area contributed by atoms with Gasteiger partial charge in [0.2, 0.25) is 5.91 Å². The molecule has 3 aliphatic rings. The van der Waals surface area contributed by atoms with Gasteiger partial charge in [0.1, 0.15) is 0 Å². The zero-order chi connectivity index (χ0) is 13.2. The average molecular weight is 328 g/mol. The summed E-state index contributed by atoms with van der Waals surface area (Å²) in [5, 5.41) is 4.37. The molecule has 1 amide bonds. The molecule has 3 aliphatic carbocycles. The van der Waals surface area contributed by atoms with Crippen molar-refractivity contribution in [3.8, 4) is 0 Å². The van der Waals surface area contributed by atoms with Gasteiger partial charge in [0.15, 0.2) is 0 Å². The second-order valence-corrected chi connectivity index (χ2v) is 7.49. The van der Waals surface area contributed by atoms with E-state index in [1.54, 1.807) is 0 Å². The van der Waals surface area contributed by atoms with Crippen molar-refractivity contribution in [2.75, 3.05) is 11.9 Å². The normalized spacial score (nSPS) is 41.4. The van der Waals surface area contributed by atoms with E-state index >= 15 is 0 Å². The van der Waals surface area contributed by atoms with E-state index in [9.17, 15) is 4.79 Å². The molecule has 0 heterocycles. The Bertz CT molecular complexity index is 321. The lowest BCUT2D eigenvalue weighted by Crippen LogP contribution is -2.36. The molecule has 108 valence electrons. The highest BCUT2D eigenvalue weighted by atomic mass is 79.9. The number of hydrogen-bond donors (Lipinski definition) is 1. The molecule has 0 aliphatic heterocycles. The van der Waals surface area contributed by atoms with E-state index in [-0.39, 0.29) is 0 Å². The van der Waals surface area contributed by atoms with Crippen LogP contribution in [0.15, 0.2) is 0 Å².